The second kappa shape index (κ2) is 8.57. The molecular weight excluding hydrogens is 286 g/mol. The van der Waals surface area contributed by atoms with E-state index in [2.05, 4.69) is 4.74 Å². The molecule has 0 bridgehead atoms. The van der Waals surface area contributed by atoms with Gasteiger partial charge in [-0.1, -0.05) is 18.7 Å². The first-order chi connectivity index (χ1) is 9.20. The van der Waals surface area contributed by atoms with Crippen molar-refractivity contribution in [3.05, 3.63) is 0 Å². The number of carbonyl (C=O) groups is 4. The lowest BCUT2D eigenvalue weighted by Gasteiger charge is -2.27. The lowest BCUT2D eigenvalue weighted by molar-refractivity contribution is -0.156. The molecule has 0 heterocycles. The van der Waals surface area contributed by atoms with E-state index in [1.165, 1.54) is 13.8 Å². The van der Waals surface area contributed by atoms with Gasteiger partial charge in [-0.2, -0.15) is 0 Å². The van der Waals surface area contributed by atoms with Gasteiger partial charge in [-0.15, -0.1) is 0 Å². The third-order valence-electron chi connectivity index (χ3n) is 2.59. The molecule has 0 fully saturated rings. The first kappa shape index (κ1) is 18.4. The largest absolute Gasteiger partial charge is 0.480 e. The number of carboxylic acids is 1. The summed E-state index contributed by atoms with van der Waals surface area (Å²) in [5.41, 5.74) is 0. The van der Waals surface area contributed by atoms with Crippen molar-refractivity contribution in [3.63, 3.8) is 0 Å². The molecule has 7 nitrogen and oxygen atoms in total. The van der Waals surface area contributed by atoms with Crippen molar-refractivity contribution in [2.45, 2.75) is 26.8 Å². The van der Waals surface area contributed by atoms with E-state index >= 15 is 0 Å². The lowest BCUT2D eigenvalue weighted by atomic mass is 10.1. The van der Waals surface area contributed by atoms with Gasteiger partial charge in [0.05, 0.1) is 7.11 Å². The number of methoxy groups -OCH3 is 1. The number of hydrogen-bond acceptors (Lipinski definition) is 6. The molecular formula is C12H19NO6S. The summed E-state index contributed by atoms with van der Waals surface area (Å²) < 4.78 is 4.45. The third kappa shape index (κ3) is 6.05. The van der Waals surface area contributed by atoms with Crippen LogP contribution in [0.5, 0.6) is 0 Å². The van der Waals surface area contributed by atoms with Crippen molar-refractivity contribution in [2.24, 2.45) is 5.92 Å². The highest BCUT2D eigenvalue weighted by Gasteiger charge is 2.30. The smallest absolute Gasteiger partial charge is 0.326 e. The minimum absolute atomic E-state index is 0.129. The van der Waals surface area contributed by atoms with Gasteiger partial charge in [0.15, 0.2) is 5.12 Å². The Balaban J connectivity index is 4.91. The van der Waals surface area contributed by atoms with Gasteiger partial charge in [0.1, 0.15) is 12.6 Å². The van der Waals surface area contributed by atoms with Gasteiger partial charge >= 0.3 is 11.9 Å². The van der Waals surface area contributed by atoms with Crippen LogP contribution in [0.2, 0.25) is 0 Å². The number of hydrogen-bond donors (Lipinski definition) is 1. The molecule has 1 unspecified atom stereocenters. The van der Waals surface area contributed by atoms with Crippen LogP contribution in [0.25, 0.3) is 0 Å². The van der Waals surface area contributed by atoms with E-state index in [9.17, 15) is 19.2 Å². The standard InChI is InChI=1S/C12H19NO6S/c1-7(6-20-9(3)14)11(16)13(5-10(15)19-4)8(2)12(17)18/h7-8H,5-6H2,1-4H3,(H,17,18)/t7?,8-/m0/s1. The van der Waals surface area contributed by atoms with Crippen LogP contribution < -0.4 is 0 Å². The number of ether oxygens (including phenoxy) is 1. The highest BCUT2D eigenvalue weighted by atomic mass is 32.2. The van der Waals surface area contributed by atoms with Crippen molar-refractivity contribution in [1.29, 1.82) is 0 Å². The fourth-order valence-corrected chi connectivity index (χ4v) is 1.97. The molecule has 0 aliphatic carbocycles. The minimum atomic E-state index is -1.21. The van der Waals surface area contributed by atoms with Gasteiger partial charge < -0.3 is 14.7 Å². The molecule has 0 saturated heterocycles. The Morgan fingerprint density at radius 2 is 1.80 bits per heavy atom. The molecule has 20 heavy (non-hydrogen) atoms. The summed E-state index contributed by atoms with van der Waals surface area (Å²) in [5.74, 6) is -2.75. The third-order valence-corrected chi connectivity index (χ3v) is 3.67. The second-order valence-corrected chi connectivity index (χ2v) is 5.46. The van der Waals surface area contributed by atoms with Crippen molar-refractivity contribution >= 4 is 34.7 Å². The zero-order valence-corrected chi connectivity index (χ0v) is 12.7. The van der Waals surface area contributed by atoms with Crippen LogP contribution in [-0.4, -0.2) is 58.4 Å². The van der Waals surface area contributed by atoms with Crippen LogP contribution in [0.3, 0.4) is 0 Å². The SMILES string of the molecule is COC(=O)CN(C(=O)C(C)CSC(C)=O)[C@@H](C)C(=O)O. The number of thioether (sulfide) groups is 1. The summed E-state index contributed by atoms with van der Waals surface area (Å²) in [6.45, 7) is 3.84. The van der Waals surface area contributed by atoms with E-state index in [-0.39, 0.29) is 10.9 Å². The molecule has 0 aromatic carbocycles. The summed E-state index contributed by atoms with van der Waals surface area (Å²) in [6.07, 6.45) is 0. The molecule has 0 rings (SSSR count). The summed E-state index contributed by atoms with van der Waals surface area (Å²) in [5, 5.41) is 8.85. The zero-order valence-electron chi connectivity index (χ0n) is 11.9. The molecule has 0 aliphatic heterocycles. The average Bonchev–Trinajstić information content (AvgIpc) is 2.39. The van der Waals surface area contributed by atoms with Crippen LogP contribution in [0.15, 0.2) is 0 Å². The Labute approximate surface area is 121 Å². The first-order valence-corrected chi connectivity index (χ1v) is 6.92. The van der Waals surface area contributed by atoms with Crippen molar-refractivity contribution in [1.82, 2.24) is 4.90 Å². The van der Waals surface area contributed by atoms with Crippen LogP contribution in [0.1, 0.15) is 20.8 Å². The topological polar surface area (TPSA) is 101 Å². The number of nitrogens with zero attached hydrogens (tertiary/aromatic N) is 1. The van der Waals surface area contributed by atoms with Crippen LogP contribution in [0.4, 0.5) is 0 Å². The Hall–Kier alpha value is -1.57. The molecule has 0 spiro atoms. The van der Waals surface area contributed by atoms with Gasteiger partial charge in [-0.3, -0.25) is 14.4 Å². The lowest BCUT2D eigenvalue weighted by Crippen LogP contribution is -2.48. The molecule has 1 N–H and O–H groups in total. The Morgan fingerprint density at radius 1 is 1.25 bits per heavy atom. The summed E-state index contributed by atoms with van der Waals surface area (Å²) >= 11 is 0.980. The average molecular weight is 305 g/mol. The predicted molar refractivity (Wildman–Crippen MR) is 73.1 cm³/mol. The molecule has 1 amide bonds. The van der Waals surface area contributed by atoms with Crippen molar-refractivity contribution in [3.8, 4) is 0 Å². The molecule has 0 saturated carbocycles. The maximum absolute atomic E-state index is 12.2. The molecule has 2 atom stereocenters. The number of esters is 1. The van der Waals surface area contributed by atoms with E-state index in [4.69, 9.17) is 5.11 Å². The highest BCUT2D eigenvalue weighted by molar-refractivity contribution is 8.13. The first-order valence-electron chi connectivity index (χ1n) is 5.94. The molecule has 8 heteroatoms. The molecule has 114 valence electrons. The van der Waals surface area contributed by atoms with Crippen molar-refractivity contribution in [2.75, 3.05) is 19.4 Å². The normalized spacial score (nSPS) is 13.2. The van der Waals surface area contributed by atoms with Gasteiger partial charge in [-0.05, 0) is 6.92 Å². The van der Waals surface area contributed by atoms with Crippen molar-refractivity contribution < 1.29 is 29.0 Å². The molecule has 0 aromatic rings. The van der Waals surface area contributed by atoms with E-state index in [1.807, 2.05) is 0 Å². The van der Waals surface area contributed by atoms with Gasteiger partial charge in [-0.25, -0.2) is 4.79 Å². The van der Waals surface area contributed by atoms with E-state index in [1.54, 1.807) is 6.92 Å². The number of carboxylic acid groups (broad SMARTS) is 1. The maximum Gasteiger partial charge on any atom is 0.326 e. The van der Waals surface area contributed by atoms with Gasteiger partial charge in [0.25, 0.3) is 0 Å². The van der Waals surface area contributed by atoms with E-state index < -0.39 is 36.4 Å². The Kier molecular flexibility index (Phi) is 7.90. The molecule has 0 aliphatic rings. The zero-order chi connectivity index (χ0) is 15.9. The molecule has 0 aromatic heterocycles. The number of rotatable bonds is 7. The highest BCUT2D eigenvalue weighted by Crippen LogP contribution is 2.14. The number of carbonyl (C=O) groups excluding carboxylic acids is 3. The monoisotopic (exact) mass is 305 g/mol. The van der Waals surface area contributed by atoms with Crippen LogP contribution in [0, 0.1) is 5.92 Å². The minimum Gasteiger partial charge on any atom is -0.480 e. The maximum atomic E-state index is 12.2. The molecule has 0 radical (unpaired) electrons. The predicted octanol–water partition coefficient (Wildman–Crippen LogP) is 0.377. The van der Waals surface area contributed by atoms with Gasteiger partial charge in [0, 0.05) is 18.6 Å². The Morgan fingerprint density at radius 3 is 2.20 bits per heavy atom. The Bertz CT molecular complexity index is 397. The second-order valence-electron chi connectivity index (χ2n) is 4.26. The van der Waals surface area contributed by atoms with E-state index in [0.717, 1.165) is 23.8 Å². The summed E-state index contributed by atoms with van der Waals surface area (Å²) in [6, 6.07) is -1.15. The van der Waals surface area contributed by atoms with Gasteiger partial charge in [0.2, 0.25) is 5.91 Å². The fraction of sp³-hybridized carbons (Fsp3) is 0.667. The number of amides is 1. The summed E-state index contributed by atoms with van der Waals surface area (Å²) in [7, 11) is 1.16. The summed E-state index contributed by atoms with van der Waals surface area (Å²) in [4.78, 5) is 46.3. The quantitative estimate of drug-likeness (QED) is 0.678. The van der Waals surface area contributed by atoms with E-state index in [0.29, 0.717) is 0 Å². The van der Waals surface area contributed by atoms with Crippen LogP contribution in [-0.2, 0) is 23.9 Å². The number of aliphatic carboxylic acids is 1. The fourth-order valence-electron chi connectivity index (χ4n) is 1.34. The van der Waals surface area contributed by atoms with Crippen LogP contribution >= 0.6 is 11.8 Å².